The van der Waals surface area contributed by atoms with Crippen molar-refractivity contribution in [3.8, 4) is 17.2 Å². The fourth-order valence-electron chi connectivity index (χ4n) is 3.23. The SMILES string of the molecule is Clc1ccc2c(c1)CN=C(c1ccc3c(c1)OCO3)c1cccn1-2. The summed E-state index contributed by atoms with van der Waals surface area (Å²) in [5.41, 5.74) is 5.22. The largest absolute Gasteiger partial charge is 0.454 e. The van der Waals surface area contributed by atoms with Crippen LogP contribution >= 0.6 is 11.6 Å². The van der Waals surface area contributed by atoms with Gasteiger partial charge in [-0.15, -0.1) is 0 Å². The zero-order valence-corrected chi connectivity index (χ0v) is 13.5. The maximum atomic E-state index is 6.16. The maximum Gasteiger partial charge on any atom is 0.231 e. The summed E-state index contributed by atoms with van der Waals surface area (Å²) >= 11 is 6.16. The Bertz CT molecular complexity index is 991. The van der Waals surface area contributed by atoms with Crippen LogP contribution in [0.3, 0.4) is 0 Å². The lowest BCUT2D eigenvalue weighted by Crippen LogP contribution is -2.08. The molecule has 3 heterocycles. The number of nitrogens with zero attached hydrogens (tertiary/aromatic N) is 2. The van der Waals surface area contributed by atoms with E-state index in [4.69, 9.17) is 26.1 Å². The van der Waals surface area contributed by atoms with Crippen LogP contribution in [0.25, 0.3) is 5.69 Å². The highest BCUT2D eigenvalue weighted by Gasteiger charge is 2.21. The van der Waals surface area contributed by atoms with Crippen molar-refractivity contribution in [2.75, 3.05) is 6.79 Å². The van der Waals surface area contributed by atoms with E-state index in [0.717, 1.165) is 44.7 Å². The first-order valence-corrected chi connectivity index (χ1v) is 8.08. The van der Waals surface area contributed by atoms with E-state index >= 15 is 0 Å². The predicted octanol–water partition coefficient (Wildman–Crippen LogP) is 4.21. The summed E-state index contributed by atoms with van der Waals surface area (Å²) < 4.78 is 13.1. The molecule has 0 unspecified atom stereocenters. The maximum absolute atomic E-state index is 6.16. The van der Waals surface area contributed by atoms with Gasteiger partial charge in [0.2, 0.25) is 6.79 Å². The van der Waals surface area contributed by atoms with Crippen molar-refractivity contribution < 1.29 is 9.47 Å². The van der Waals surface area contributed by atoms with E-state index in [-0.39, 0.29) is 6.79 Å². The molecule has 0 amide bonds. The van der Waals surface area contributed by atoms with Gasteiger partial charge >= 0.3 is 0 Å². The summed E-state index contributed by atoms with van der Waals surface area (Å²) in [6.45, 7) is 0.854. The molecule has 5 heteroatoms. The Balaban J connectivity index is 1.68. The van der Waals surface area contributed by atoms with Crippen molar-refractivity contribution in [2.24, 2.45) is 4.99 Å². The minimum absolute atomic E-state index is 0.269. The molecule has 2 aliphatic heterocycles. The lowest BCUT2D eigenvalue weighted by Gasteiger charge is -2.11. The van der Waals surface area contributed by atoms with Crippen LogP contribution < -0.4 is 9.47 Å². The Kier molecular flexibility index (Phi) is 2.94. The summed E-state index contributed by atoms with van der Waals surface area (Å²) in [7, 11) is 0. The highest BCUT2D eigenvalue weighted by atomic mass is 35.5. The molecule has 5 rings (SSSR count). The molecule has 4 nitrogen and oxygen atoms in total. The van der Waals surface area contributed by atoms with Crippen molar-refractivity contribution in [1.82, 2.24) is 4.57 Å². The van der Waals surface area contributed by atoms with Gasteiger partial charge in [-0.25, -0.2) is 0 Å². The van der Waals surface area contributed by atoms with Crippen LogP contribution in [0.1, 0.15) is 16.8 Å². The summed E-state index contributed by atoms with van der Waals surface area (Å²) in [5, 5.41) is 0.726. The molecule has 0 fully saturated rings. The molecular weight excluding hydrogens is 324 g/mol. The quantitative estimate of drug-likeness (QED) is 0.667. The molecule has 118 valence electrons. The van der Waals surface area contributed by atoms with Crippen LogP contribution in [0.4, 0.5) is 0 Å². The van der Waals surface area contributed by atoms with Gasteiger partial charge in [-0.3, -0.25) is 4.99 Å². The van der Waals surface area contributed by atoms with E-state index in [9.17, 15) is 0 Å². The summed E-state index contributed by atoms with van der Waals surface area (Å²) in [5.74, 6) is 1.54. The molecule has 0 atom stereocenters. The van der Waals surface area contributed by atoms with E-state index in [1.54, 1.807) is 0 Å². The van der Waals surface area contributed by atoms with Crippen LogP contribution in [0.5, 0.6) is 11.5 Å². The normalized spacial score (nSPS) is 14.6. The lowest BCUT2D eigenvalue weighted by atomic mass is 10.1. The Morgan fingerprint density at radius 3 is 2.88 bits per heavy atom. The summed E-state index contributed by atoms with van der Waals surface area (Å²) in [6.07, 6.45) is 2.05. The smallest absolute Gasteiger partial charge is 0.231 e. The van der Waals surface area contributed by atoms with Crippen molar-refractivity contribution in [2.45, 2.75) is 6.54 Å². The Hall–Kier alpha value is -2.72. The van der Waals surface area contributed by atoms with Crippen LogP contribution in [-0.4, -0.2) is 17.1 Å². The molecule has 0 aliphatic carbocycles. The second-order valence-electron chi connectivity index (χ2n) is 5.77. The standard InChI is InChI=1S/C19H13ClN2O2/c20-14-4-5-15-13(8-14)10-21-19(16-2-1-7-22(15)16)12-3-6-17-18(9-12)24-11-23-17/h1-9H,10-11H2. The van der Waals surface area contributed by atoms with Gasteiger partial charge in [0, 0.05) is 16.8 Å². The van der Waals surface area contributed by atoms with Crippen molar-refractivity contribution in [3.05, 3.63) is 76.6 Å². The molecule has 0 spiro atoms. The number of aromatic nitrogens is 1. The van der Waals surface area contributed by atoms with Crippen molar-refractivity contribution >= 4 is 17.3 Å². The summed E-state index contributed by atoms with van der Waals surface area (Å²) in [6, 6.07) is 16.0. The molecule has 3 aromatic rings. The minimum Gasteiger partial charge on any atom is -0.454 e. The van der Waals surface area contributed by atoms with E-state index in [0.29, 0.717) is 6.54 Å². The van der Waals surface area contributed by atoms with Gasteiger partial charge in [0.25, 0.3) is 0 Å². The molecule has 0 radical (unpaired) electrons. The van der Waals surface area contributed by atoms with E-state index in [1.807, 2.05) is 42.5 Å². The third-order valence-electron chi connectivity index (χ3n) is 4.35. The lowest BCUT2D eigenvalue weighted by molar-refractivity contribution is 0.174. The number of benzene rings is 2. The van der Waals surface area contributed by atoms with Gasteiger partial charge in [-0.05, 0) is 54.1 Å². The molecule has 2 aliphatic rings. The Morgan fingerprint density at radius 1 is 1.00 bits per heavy atom. The first-order chi connectivity index (χ1) is 11.8. The monoisotopic (exact) mass is 336 g/mol. The van der Waals surface area contributed by atoms with Crippen LogP contribution in [-0.2, 0) is 6.54 Å². The van der Waals surface area contributed by atoms with E-state index < -0.39 is 0 Å². The van der Waals surface area contributed by atoms with E-state index in [2.05, 4.69) is 16.8 Å². The Morgan fingerprint density at radius 2 is 1.92 bits per heavy atom. The number of aliphatic imine (C=N–C) groups is 1. The summed E-state index contributed by atoms with van der Waals surface area (Å²) in [4.78, 5) is 4.86. The zero-order valence-electron chi connectivity index (χ0n) is 12.7. The van der Waals surface area contributed by atoms with Crippen molar-refractivity contribution in [3.63, 3.8) is 0 Å². The minimum atomic E-state index is 0.269. The fraction of sp³-hybridized carbons (Fsp3) is 0.105. The van der Waals surface area contributed by atoms with Crippen LogP contribution in [0, 0.1) is 0 Å². The second-order valence-corrected chi connectivity index (χ2v) is 6.21. The number of fused-ring (bicyclic) bond motifs is 4. The Labute approximate surface area is 143 Å². The first kappa shape index (κ1) is 13.7. The number of rotatable bonds is 1. The van der Waals surface area contributed by atoms with Crippen molar-refractivity contribution in [1.29, 1.82) is 0 Å². The number of hydrogen-bond donors (Lipinski definition) is 0. The number of hydrogen-bond acceptors (Lipinski definition) is 3. The molecule has 24 heavy (non-hydrogen) atoms. The van der Waals surface area contributed by atoms with Crippen LogP contribution in [0.2, 0.25) is 5.02 Å². The average molecular weight is 337 g/mol. The number of ether oxygens (including phenoxy) is 2. The molecule has 1 aromatic heterocycles. The van der Waals surface area contributed by atoms with Gasteiger partial charge in [-0.2, -0.15) is 0 Å². The molecular formula is C19H13ClN2O2. The van der Waals surface area contributed by atoms with E-state index in [1.165, 1.54) is 0 Å². The number of halogens is 1. The fourth-order valence-corrected chi connectivity index (χ4v) is 3.42. The highest BCUT2D eigenvalue weighted by Crippen LogP contribution is 2.34. The first-order valence-electron chi connectivity index (χ1n) is 7.70. The van der Waals surface area contributed by atoms with Gasteiger partial charge in [-0.1, -0.05) is 11.6 Å². The highest BCUT2D eigenvalue weighted by molar-refractivity contribution is 6.30. The molecule has 0 bridgehead atoms. The molecule has 2 aromatic carbocycles. The van der Waals surface area contributed by atoms with Gasteiger partial charge in [0.1, 0.15) is 0 Å². The van der Waals surface area contributed by atoms with Crippen LogP contribution in [0.15, 0.2) is 59.7 Å². The van der Waals surface area contributed by atoms with Gasteiger partial charge in [0.15, 0.2) is 11.5 Å². The zero-order chi connectivity index (χ0) is 16.1. The third-order valence-corrected chi connectivity index (χ3v) is 4.58. The second kappa shape index (κ2) is 5.14. The molecule has 0 saturated heterocycles. The molecule has 0 N–H and O–H groups in total. The van der Waals surface area contributed by atoms with Gasteiger partial charge < -0.3 is 14.0 Å². The third kappa shape index (κ3) is 2.03. The average Bonchev–Trinajstić information content (AvgIpc) is 3.22. The van der Waals surface area contributed by atoms with Gasteiger partial charge in [0.05, 0.1) is 23.6 Å². The molecule has 0 saturated carbocycles. The predicted molar refractivity (Wildman–Crippen MR) is 92.7 cm³/mol. The topological polar surface area (TPSA) is 35.8 Å².